The van der Waals surface area contributed by atoms with Gasteiger partial charge in [-0.15, -0.1) is 0 Å². The van der Waals surface area contributed by atoms with E-state index in [0.29, 0.717) is 17.7 Å². The molecule has 3 fully saturated rings. The molecule has 3 aliphatic rings. The van der Waals surface area contributed by atoms with Gasteiger partial charge < -0.3 is 14.4 Å². The molecule has 2 heterocycles. The van der Waals surface area contributed by atoms with Crippen LogP contribution in [-0.2, 0) is 14.3 Å². The maximum atomic E-state index is 12.5. The lowest BCUT2D eigenvalue weighted by molar-refractivity contribution is -0.187. The molecule has 0 N–H and O–H groups in total. The van der Waals surface area contributed by atoms with Gasteiger partial charge in [0.25, 0.3) is 0 Å². The monoisotopic (exact) mass is 285 g/mol. The molecule has 0 radical (unpaired) electrons. The number of rotatable bonds is 2. The number of carbonyl (C=O) groups is 1. The maximum absolute atomic E-state index is 12.5. The molecule has 0 aromatic heterocycles. The minimum Gasteiger partial charge on any atom is -0.352 e. The summed E-state index contributed by atoms with van der Waals surface area (Å²) in [5, 5.41) is 0.666. The first-order valence-electron chi connectivity index (χ1n) is 7.49. The molecule has 2 aliphatic heterocycles. The summed E-state index contributed by atoms with van der Waals surface area (Å²) in [5.41, 5.74) is 0. The Bertz CT molecular complexity index is 318. The minimum atomic E-state index is -0.308. The van der Waals surface area contributed by atoms with Gasteiger partial charge in [0.15, 0.2) is 6.29 Å². The Hall–Kier alpha value is -0.260. The molecule has 2 saturated heterocycles. The number of amides is 1. The summed E-state index contributed by atoms with van der Waals surface area (Å²) in [6.07, 6.45) is 6.07. The quantitative estimate of drug-likeness (QED) is 0.778. The van der Waals surface area contributed by atoms with E-state index in [-0.39, 0.29) is 12.2 Å². The van der Waals surface area contributed by atoms with Gasteiger partial charge >= 0.3 is 0 Å². The van der Waals surface area contributed by atoms with Crippen LogP contribution in [0.1, 0.15) is 38.5 Å². The summed E-state index contributed by atoms with van der Waals surface area (Å²) in [4.78, 5) is 14.6. The lowest BCUT2D eigenvalue weighted by Gasteiger charge is -2.44. The molecule has 1 aliphatic carbocycles. The van der Waals surface area contributed by atoms with E-state index in [2.05, 4.69) is 16.7 Å². The van der Waals surface area contributed by atoms with Crippen LogP contribution in [0.5, 0.6) is 0 Å². The van der Waals surface area contributed by atoms with E-state index in [4.69, 9.17) is 9.47 Å². The van der Waals surface area contributed by atoms with Gasteiger partial charge in [0.1, 0.15) is 0 Å². The number of thioether (sulfide) groups is 1. The summed E-state index contributed by atoms with van der Waals surface area (Å²) in [7, 11) is 0. The molecule has 19 heavy (non-hydrogen) atoms. The number of fused-ring (bicyclic) bond motifs is 1. The molecular formula is C14H23NO3S. The molecule has 0 spiro atoms. The van der Waals surface area contributed by atoms with Crippen LogP contribution in [0.15, 0.2) is 0 Å². The van der Waals surface area contributed by atoms with Crippen LogP contribution in [-0.4, -0.2) is 53.9 Å². The van der Waals surface area contributed by atoms with Crippen LogP contribution in [0.25, 0.3) is 0 Å². The second-order valence-electron chi connectivity index (χ2n) is 5.58. The van der Waals surface area contributed by atoms with Gasteiger partial charge in [-0.3, -0.25) is 4.79 Å². The van der Waals surface area contributed by atoms with Crippen LogP contribution < -0.4 is 0 Å². The van der Waals surface area contributed by atoms with Crippen LogP contribution in [0.3, 0.4) is 0 Å². The van der Waals surface area contributed by atoms with Gasteiger partial charge in [-0.05, 0) is 19.3 Å². The van der Waals surface area contributed by atoms with Gasteiger partial charge in [-0.25, -0.2) is 0 Å². The smallest absolute Gasteiger partial charge is 0.228 e. The topological polar surface area (TPSA) is 38.8 Å². The average Bonchev–Trinajstić information content (AvgIpc) is 2.47. The van der Waals surface area contributed by atoms with E-state index in [0.717, 1.165) is 31.9 Å². The molecule has 0 unspecified atom stereocenters. The third-order valence-corrected chi connectivity index (χ3v) is 5.69. The minimum absolute atomic E-state index is 0.226. The van der Waals surface area contributed by atoms with E-state index in [9.17, 15) is 4.79 Å². The molecule has 5 heteroatoms. The molecule has 3 rings (SSSR count). The summed E-state index contributed by atoms with van der Waals surface area (Å²) in [6.45, 7) is 2.34. The Morgan fingerprint density at radius 3 is 2.79 bits per heavy atom. The first kappa shape index (κ1) is 13.7. The van der Waals surface area contributed by atoms with Crippen molar-refractivity contribution in [2.75, 3.05) is 25.5 Å². The van der Waals surface area contributed by atoms with Gasteiger partial charge in [0.2, 0.25) is 5.91 Å². The van der Waals surface area contributed by atoms with Gasteiger partial charge in [-0.1, -0.05) is 12.8 Å². The van der Waals surface area contributed by atoms with Crippen LogP contribution in [0.4, 0.5) is 0 Å². The lowest BCUT2D eigenvalue weighted by atomic mass is 9.93. The first-order chi connectivity index (χ1) is 9.34. The fraction of sp³-hybridized carbons (Fsp3) is 0.929. The summed E-state index contributed by atoms with van der Waals surface area (Å²) >= 11 is 2.06. The molecule has 1 saturated carbocycles. The van der Waals surface area contributed by atoms with Crippen molar-refractivity contribution < 1.29 is 14.3 Å². The zero-order chi connectivity index (χ0) is 13.1. The van der Waals surface area contributed by atoms with Crippen LogP contribution >= 0.6 is 11.8 Å². The van der Waals surface area contributed by atoms with Crippen molar-refractivity contribution in [3.8, 4) is 0 Å². The maximum Gasteiger partial charge on any atom is 0.228 e. The number of carbonyl (C=O) groups excluding carboxylic acids is 1. The second kappa shape index (κ2) is 6.46. The highest BCUT2D eigenvalue weighted by atomic mass is 32.2. The molecule has 2 atom stereocenters. The fourth-order valence-electron chi connectivity index (χ4n) is 3.32. The molecule has 108 valence electrons. The van der Waals surface area contributed by atoms with Crippen molar-refractivity contribution in [3.63, 3.8) is 0 Å². The van der Waals surface area contributed by atoms with E-state index in [1.807, 2.05) is 0 Å². The van der Waals surface area contributed by atoms with Crippen LogP contribution in [0.2, 0.25) is 0 Å². The SMILES string of the molecule is O=C(CC1OCCCO1)N1CCS[C@H]2CCCC[C@@H]21. The Kier molecular flexibility index (Phi) is 4.66. The number of hydrogen-bond acceptors (Lipinski definition) is 4. The summed E-state index contributed by atoms with van der Waals surface area (Å²) in [6, 6.07) is 0.462. The van der Waals surface area contributed by atoms with E-state index >= 15 is 0 Å². The predicted molar refractivity (Wildman–Crippen MR) is 75.1 cm³/mol. The van der Waals surface area contributed by atoms with Crippen molar-refractivity contribution in [2.24, 2.45) is 0 Å². The normalized spacial score (nSPS) is 32.9. The van der Waals surface area contributed by atoms with Gasteiger partial charge in [-0.2, -0.15) is 11.8 Å². The van der Waals surface area contributed by atoms with E-state index in [1.54, 1.807) is 0 Å². The zero-order valence-corrected chi connectivity index (χ0v) is 12.2. The standard InChI is InChI=1S/C14H23NO3S/c16-13(10-14-17-7-3-8-18-14)15-6-9-19-12-5-2-1-4-11(12)15/h11-12,14H,1-10H2/t11-,12-/m0/s1. The van der Waals surface area contributed by atoms with Crippen molar-refractivity contribution in [3.05, 3.63) is 0 Å². The van der Waals surface area contributed by atoms with Gasteiger partial charge in [0, 0.05) is 23.6 Å². The lowest BCUT2D eigenvalue weighted by Crippen LogP contribution is -2.52. The van der Waals surface area contributed by atoms with Crippen molar-refractivity contribution in [2.45, 2.75) is 56.1 Å². The molecule has 4 nitrogen and oxygen atoms in total. The number of ether oxygens (including phenoxy) is 2. The molecule has 0 aromatic rings. The molecule has 1 amide bonds. The Morgan fingerprint density at radius 1 is 1.16 bits per heavy atom. The highest BCUT2D eigenvalue weighted by Crippen LogP contribution is 2.35. The van der Waals surface area contributed by atoms with E-state index in [1.165, 1.54) is 25.7 Å². The second-order valence-corrected chi connectivity index (χ2v) is 6.92. The van der Waals surface area contributed by atoms with Gasteiger partial charge in [0.05, 0.1) is 19.6 Å². The fourth-order valence-corrected chi connectivity index (χ4v) is 4.76. The largest absolute Gasteiger partial charge is 0.352 e. The predicted octanol–water partition coefficient (Wildman–Crippen LogP) is 2.03. The van der Waals surface area contributed by atoms with Crippen LogP contribution in [0, 0.1) is 0 Å². The third-order valence-electron chi connectivity index (χ3n) is 4.29. The first-order valence-corrected chi connectivity index (χ1v) is 8.54. The van der Waals surface area contributed by atoms with Crippen molar-refractivity contribution in [1.82, 2.24) is 4.90 Å². The molecule has 0 aromatic carbocycles. The molecular weight excluding hydrogens is 262 g/mol. The van der Waals surface area contributed by atoms with Crippen molar-refractivity contribution in [1.29, 1.82) is 0 Å². The molecule has 0 bridgehead atoms. The van der Waals surface area contributed by atoms with E-state index < -0.39 is 0 Å². The Morgan fingerprint density at radius 2 is 1.95 bits per heavy atom. The highest BCUT2D eigenvalue weighted by Gasteiger charge is 2.37. The number of hydrogen-bond donors (Lipinski definition) is 0. The summed E-state index contributed by atoms with van der Waals surface area (Å²) in [5.74, 6) is 1.31. The summed E-state index contributed by atoms with van der Waals surface area (Å²) < 4.78 is 11.0. The average molecular weight is 285 g/mol. The Balaban J connectivity index is 1.58. The zero-order valence-electron chi connectivity index (χ0n) is 11.4. The van der Waals surface area contributed by atoms with Crippen molar-refractivity contribution >= 4 is 17.7 Å². The highest BCUT2D eigenvalue weighted by molar-refractivity contribution is 8.00. The number of nitrogens with zero attached hydrogens (tertiary/aromatic N) is 1. The third kappa shape index (κ3) is 3.26. The Labute approximate surface area is 119 Å².